The Hall–Kier alpha value is -2.17. The van der Waals surface area contributed by atoms with Gasteiger partial charge in [0.05, 0.1) is 17.1 Å². The van der Waals surface area contributed by atoms with Crippen molar-refractivity contribution in [1.82, 2.24) is 4.57 Å². The average molecular weight is 406 g/mol. The van der Waals surface area contributed by atoms with Gasteiger partial charge in [0.1, 0.15) is 12.3 Å². The van der Waals surface area contributed by atoms with E-state index in [1.807, 2.05) is 50.4 Å². The molecule has 0 radical (unpaired) electrons. The Kier molecular flexibility index (Phi) is 5.98. The molecule has 6 heteroatoms. The maximum Gasteiger partial charge on any atom is 0.323 e. The number of benzene rings is 2. The van der Waals surface area contributed by atoms with Gasteiger partial charge in [-0.05, 0) is 67.6 Å². The van der Waals surface area contributed by atoms with Crippen LogP contribution in [-0.2, 0) is 17.8 Å². The first kappa shape index (κ1) is 19.6. The van der Waals surface area contributed by atoms with Gasteiger partial charge < -0.3 is 14.4 Å². The number of aromatic nitrogens is 1. The third-order valence-electron chi connectivity index (χ3n) is 4.51. The molecule has 0 amide bonds. The molecule has 1 heterocycles. The molecule has 27 heavy (non-hydrogen) atoms. The lowest BCUT2D eigenvalue weighted by Crippen LogP contribution is -2.07. The molecule has 1 N–H and O–H groups in total. The number of nitrogens with zero attached hydrogens (tertiary/aromatic N) is 1. The third-order valence-corrected chi connectivity index (χ3v) is 5.42. The minimum Gasteiger partial charge on any atom is -0.494 e. The zero-order valence-electron chi connectivity index (χ0n) is 15.3. The molecule has 0 saturated heterocycles. The lowest BCUT2D eigenvalue weighted by atomic mass is 10.1. The van der Waals surface area contributed by atoms with E-state index in [0.29, 0.717) is 11.6 Å². The standard InChI is InChI=1S/C21H21Cl2NO3/c1-13-9-16(10-14(2)21(13)23)27-8-4-5-15-11-24(12-19(25)26)18-7-3-6-17(22)20(15)18/h3,6-7,9-11H,4-5,8,12H2,1-2H3,(H,25,26). The quantitative estimate of drug-likeness (QED) is 0.515. The summed E-state index contributed by atoms with van der Waals surface area (Å²) in [5, 5.41) is 11.4. The van der Waals surface area contributed by atoms with Crippen LogP contribution in [0.4, 0.5) is 0 Å². The summed E-state index contributed by atoms with van der Waals surface area (Å²) in [7, 11) is 0. The third kappa shape index (κ3) is 4.40. The summed E-state index contributed by atoms with van der Waals surface area (Å²) >= 11 is 12.6. The number of aliphatic carboxylic acids is 1. The van der Waals surface area contributed by atoms with Crippen LogP contribution in [0.3, 0.4) is 0 Å². The fraction of sp³-hybridized carbons (Fsp3) is 0.286. The number of carboxylic acids is 1. The van der Waals surface area contributed by atoms with E-state index in [1.54, 1.807) is 4.57 Å². The molecule has 3 rings (SSSR count). The van der Waals surface area contributed by atoms with Gasteiger partial charge >= 0.3 is 5.97 Å². The van der Waals surface area contributed by atoms with E-state index in [0.717, 1.165) is 51.2 Å². The first-order chi connectivity index (χ1) is 12.9. The highest BCUT2D eigenvalue weighted by atomic mass is 35.5. The van der Waals surface area contributed by atoms with Crippen LogP contribution in [0.15, 0.2) is 36.5 Å². The lowest BCUT2D eigenvalue weighted by Gasteiger charge is -2.10. The summed E-state index contributed by atoms with van der Waals surface area (Å²) in [5.41, 5.74) is 3.86. The number of fused-ring (bicyclic) bond motifs is 1. The van der Waals surface area contributed by atoms with Crippen molar-refractivity contribution in [3.05, 3.63) is 63.3 Å². The number of carboxylic acid groups (broad SMARTS) is 1. The van der Waals surface area contributed by atoms with Crippen molar-refractivity contribution in [1.29, 1.82) is 0 Å². The summed E-state index contributed by atoms with van der Waals surface area (Å²) in [4.78, 5) is 11.1. The largest absolute Gasteiger partial charge is 0.494 e. The maximum absolute atomic E-state index is 11.1. The SMILES string of the molecule is Cc1cc(OCCCc2cn(CC(=O)O)c3cccc(Cl)c23)cc(C)c1Cl. The number of aryl methyl sites for hydroxylation is 3. The van der Waals surface area contributed by atoms with Crippen LogP contribution in [0.25, 0.3) is 10.9 Å². The van der Waals surface area contributed by atoms with E-state index in [4.69, 9.17) is 33.0 Å². The van der Waals surface area contributed by atoms with Gasteiger partial charge in [-0.1, -0.05) is 29.3 Å². The fourth-order valence-corrected chi connectivity index (χ4v) is 3.70. The van der Waals surface area contributed by atoms with Gasteiger partial charge in [0.15, 0.2) is 0 Å². The summed E-state index contributed by atoms with van der Waals surface area (Å²) in [6.07, 6.45) is 3.41. The summed E-state index contributed by atoms with van der Waals surface area (Å²) < 4.78 is 7.59. The van der Waals surface area contributed by atoms with Crippen LogP contribution in [0.2, 0.25) is 10.0 Å². The molecule has 0 bridgehead atoms. The molecule has 4 nitrogen and oxygen atoms in total. The number of ether oxygens (including phenoxy) is 1. The first-order valence-corrected chi connectivity index (χ1v) is 9.50. The second-order valence-corrected chi connectivity index (χ2v) is 7.42. The Morgan fingerprint density at radius 2 is 1.89 bits per heavy atom. The van der Waals surface area contributed by atoms with E-state index in [9.17, 15) is 4.79 Å². The zero-order chi connectivity index (χ0) is 19.6. The van der Waals surface area contributed by atoms with Gasteiger partial charge in [0.25, 0.3) is 0 Å². The van der Waals surface area contributed by atoms with Gasteiger partial charge in [-0.2, -0.15) is 0 Å². The van der Waals surface area contributed by atoms with E-state index in [1.165, 1.54) is 0 Å². The van der Waals surface area contributed by atoms with Gasteiger partial charge in [-0.25, -0.2) is 0 Å². The fourth-order valence-electron chi connectivity index (χ4n) is 3.30. The topological polar surface area (TPSA) is 51.5 Å². The predicted molar refractivity (Wildman–Crippen MR) is 109 cm³/mol. The molecule has 0 aliphatic heterocycles. The molecule has 142 valence electrons. The van der Waals surface area contributed by atoms with Gasteiger partial charge in [-0.15, -0.1) is 0 Å². The normalized spacial score (nSPS) is 11.1. The van der Waals surface area contributed by atoms with E-state index >= 15 is 0 Å². The highest BCUT2D eigenvalue weighted by Gasteiger charge is 2.13. The number of hydrogen-bond donors (Lipinski definition) is 1. The molecule has 1 aromatic heterocycles. The van der Waals surface area contributed by atoms with Crippen molar-refractivity contribution < 1.29 is 14.6 Å². The maximum atomic E-state index is 11.1. The zero-order valence-corrected chi connectivity index (χ0v) is 16.8. The van der Waals surface area contributed by atoms with Crippen molar-refractivity contribution in [2.75, 3.05) is 6.61 Å². The minimum atomic E-state index is -0.879. The van der Waals surface area contributed by atoms with Crippen LogP contribution in [-0.4, -0.2) is 22.2 Å². The molecular weight excluding hydrogens is 385 g/mol. The van der Waals surface area contributed by atoms with Crippen LogP contribution in [0.1, 0.15) is 23.1 Å². The molecule has 0 atom stereocenters. The molecule has 3 aromatic rings. The van der Waals surface area contributed by atoms with Crippen LogP contribution < -0.4 is 4.74 Å². The van der Waals surface area contributed by atoms with Gasteiger partial charge in [0, 0.05) is 16.6 Å². The summed E-state index contributed by atoms with van der Waals surface area (Å²) in [6, 6.07) is 9.43. The molecule has 0 saturated carbocycles. The Morgan fingerprint density at radius 1 is 1.19 bits per heavy atom. The summed E-state index contributed by atoms with van der Waals surface area (Å²) in [6.45, 7) is 4.39. The molecule has 0 aliphatic rings. The minimum absolute atomic E-state index is 0.0866. The van der Waals surface area contributed by atoms with E-state index < -0.39 is 5.97 Å². The molecule has 0 spiro atoms. The Bertz CT molecular complexity index is 971. The number of carbonyl (C=O) groups is 1. The highest BCUT2D eigenvalue weighted by Crippen LogP contribution is 2.30. The number of rotatable bonds is 7. The van der Waals surface area contributed by atoms with Crippen molar-refractivity contribution in [3.8, 4) is 5.75 Å². The van der Waals surface area contributed by atoms with Crippen molar-refractivity contribution >= 4 is 40.1 Å². The van der Waals surface area contributed by atoms with E-state index in [2.05, 4.69) is 0 Å². The average Bonchev–Trinajstić information content (AvgIpc) is 2.95. The lowest BCUT2D eigenvalue weighted by molar-refractivity contribution is -0.137. The van der Waals surface area contributed by atoms with E-state index in [-0.39, 0.29) is 6.54 Å². The highest BCUT2D eigenvalue weighted by molar-refractivity contribution is 6.35. The van der Waals surface area contributed by atoms with Gasteiger partial charge in [0.2, 0.25) is 0 Å². The number of hydrogen-bond acceptors (Lipinski definition) is 2. The van der Waals surface area contributed by atoms with Crippen molar-refractivity contribution in [2.45, 2.75) is 33.2 Å². The molecular formula is C21H21Cl2NO3. The monoisotopic (exact) mass is 405 g/mol. The Labute approximate surface area is 168 Å². The molecule has 0 unspecified atom stereocenters. The predicted octanol–water partition coefficient (Wildman–Crippen LogP) is 5.66. The number of halogens is 2. The smallest absolute Gasteiger partial charge is 0.323 e. The second kappa shape index (κ2) is 8.24. The Morgan fingerprint density at radius 3 is 2.56 bits per heavy atom. The molecule has 0 fully saturated rings. The van der Waals surface area contributed by atoms with Crippen LogP contribution in [0.5, 0.6) is 5.75 Å². The first-order valence-electron chi connectivity index (χ1n) is 8.74. The molecule has 0 aliphatic carbocycles. The Balaban J connectivity index is 1.71. The van der Waals surface area contributed by atoms with Crippen LogP contribution >= 0.6 is 23.2 Å². The molecule has 2 aromatic carbocycles. The summed E-state index contributed by atoms with van der Waals surface area (Å²) in [5.74, 6) is -0.0732. The van der Waals surface area contributed by atoms with Crippen molar-refractivity contribution in [2.24, 2.45) is 0 Å². The van der Waals surface area contributed by atoms with Crippen LogP contribution in [0, 0.1) is 13.8 Å². The van der Waals surface area contributed by atoms with Gasteiger partial charge in [-0.3, -0.25) is 4.79 Å². The second-order valence-electron chi connectivity index (χ2n) is 6.63. The van der Waals surface area contributed by atoms with Crippen molar-refractivity contribution in [3.63, 3.8) is 0 Å².